The highest BCUT2D eigenvalue weighted by atomic mass is 19.1. The lowest BCUT2D eigenvalue weighted by Crippen LogP contribution is -2.29. The fourth-order valence-corrected chi connectivity index (χ4v) is 2.14. The zero-order chi connectivity index (χ0) is 14.5. The molecule has 2 heterocycles. The fraction of sp³-hybridized carbons (Fsp3) is 0.462. The number of amides is 1. The summed E-state index contributed by atoms with van der Waals surface area (Å²) in [5.41, 5.74) is -0.437. The Balaban J connectivity index is 1.89. The number of aromatic nitrogens is 1. The van der Waals surface area contributed by atoms with Crippen molar-refractivity contribution >= 4 is 17.7 Å². The lowest BCUT2D eigenvalue weighted by atomic mass is 10.2. The molecular weight excluding hydrogens is 265 g/mol. The van der Waals surface area contributed by atoms with Gasteiger partial charge in [-0.3, -0.25) is 4.79 Å². The van der Waals surface area contributed by atoms with E-state index in [0.29, 0.717) is 0 Å². The molecule has 0 unspecified atom stereocenters. The van der Waals surface area contributed by atoms with Gasteiger partial charge in [0.2, 0.25) is 5.91 Å². The Morgan fingerprint density at radius 3 is 2.75 bits per heavy atom. The number of hydrogen-bond acceptors (Lipinski definition) is 4. The smallest absolute Gasteiger partial charge is 0.338 e. The molecule has 2 N–H and O–H groups in total. The second kappa shape index (κ2) is 6.31. The zero-order valence-electron chi connectivity index (χ0n) is 10.9. The molecule has 1 aliphatic heterocycles. The molecular formula is C13H16FN3O3. The Kier molecular flexibility index (Phi) is 4.49. The van der Waals surface area contributed by atoms with E-state index < -0.39 is 17.3 Å². The summed E-state index contributed by atoms with van der Waals surface area (Å²) in [4.78, 5) is 28.1. The number of nitrogens with zero attached hydrogens (tertiary/aromatic N) is 2. The highest BCUT2D eigenvalue weighted by Crippen LogP contribution is 2.15. The Morgan fingerprint density at radius 2 is 2.10 bits per heavy atom. The van der Waals surface area contributed by atoms with Crippen molar-refractivity contribution in [3.63, 3.8) is 0 Å². The number of rotatable bonds is 5. The maximum Gasteiger partial charge on any atom is 0.338 e. The summed E-state index contributed by atoms with van der Waals surface area (Å²) in [6.07, 6.45) is 3.50. The van der Waals surface area contributed by atoms with E-state index in [9.17, 15) is 14.0 Å². The average molecular weight is 281 g/mol. The molecule has 1 amide bonds. The monoisotopic (exact) mass is 281 g/mol. The third kappa shape index (κ3) is 3.23. The standard InChI is InChI=1S/C13H16FN3O3/c14-11-9(13(19)20)3-5-15-12(11)16-6-4-10(18)17-7-1-2-8-17/h3,5H,1-2,4,6-8H2,(H,15,16)(H,19,20). The van der Waals surface area contributed by atoms with Gasteiger partial charge in [-0.15, -0.1) is 0 Å². The molecule has 0 spiro atoms. The molecule has 0 bridgehead atoms. The molecule has 0 radical (unpaired) electrons. The second-order valence-electron chi connectivity index (χ2n) is 4.59. The number of carbonyl (C=O) groups is 2. The first-order valence-electron chi connectivity index (χ1n) is 6.49. The van der Waals surface area contributed by atoms with Crippen LogP contribution in [0.5, 0.6) is 0 Å². The molecule has 6 nitrogen and oxygen atoms in total. The minimum absolute atomic E-state index is 0.0183. The lowest BCUT2D eigenvalue weighted by Gasteiger charge is -2.15. The van der Waals surface area contributed by atoms with E-state index in [2.05, 4.69) is 10.3 Å². The predicted octanol–water partition coefficient (Wildman–Crippen LogP) is 1.34. The summed E-state index contributed by atoms with van der Waals surface area (Å²) < 4.78 is 13.7. The van der Waals surface area contributed by atoms with E-state index in [1.54, 1.807) is 4.90 Å². The summed E-state index contributed by atoms with van der Waals surface area (Å²) in [5.74, 6) is -2.38. The number of pyridine rings is 1. The van der Waals surface area contributed by atoms with Gasteiger partial charge < -0.3 is 15.3 Å². The molecule has 1 saturated heterocycles. The zero-order valence-corrected chi connectivity index (χ0v) is 10.9. The summed E-state index contributed by atoms with van der Waals surface area (Å²) in [7, 11) is 0. The van der Waals surface area contributed by atoms with E-state index in [0.717, 1.165) is 32.0 Å². The van der Waals surface area contributed by atoms with Gasteiger partial charge in [-0.25, -0.2) is 14.2 Å². The Hall–Kier alpha value is -2.18. The Labute approximate surface area is 115 Å². The third-order valence-electron chi connectivity index (χ3n) is 3.21. The van der Waals surface area contributed by atoms with Crippen molar-refractivity contribution in [2.75, 3.05) is 25.0 Å². The SMILES string of the molecule is O=C(O)c1ccnc(NCCC(=O)N2CCCC2)c1F. The normalized spacial score (nSPS) is 14.3. The van der Waals surface area contributed by atoms with Crippen LogP contribution >= 0.6 is 0 Å². The number of nitrogens with one attached hydrogen (secondary N) is 1. The molecule has 0 atom stereocenters. The van der Waals surface area contributed by atoms with Crippen molar-refractivity contribution in [2.24, 2.45) is 0 Å². The van der Waals surface area contributed by atoms with Crippen LogP contribution in [0.3, 0.4) is 0 Å². The molecule has 2 rings (SSSR count). The van der Waals surface area contributed by atoms with Gasteiger partial charge in [0.1, 0.15) is 5.56 Å². The Morgan fingerprint density at radius 1 is 1.40 bits per heavy atom. The van der Waals surface area contributed by atoms with Crippen LogP contribution in [0.2, 0.25) is 0 Å². The highest BCUT2D eigenvalue weighted by molar-refractivity contribution is 5.88. The van der Waals surface area contributed by atoms with Crippen LogP contribution in [-0.2, 0) is 4.79 Å². The second-order valence-corrected chi connectivity index (χ2v) is 4.59. The van der Waals surface area contributed by atoms with Crippen LogP contribution in [0.15, 0.2) is 12.3 Å². The minimum Gasteiger partial charge on any atom is -0.478 e. The molecule has 0 aliphatic carbocycles. The molecule has 7 heteroatoms. The van der Waals surface area contributed by atoms with Gasteiger partial charge in [0.15, 0.2) is 11.6 Å². The van der Waals surface area contributed by atoms with Crippen LogP contribution in [0.1, 0.15) is 29.6 Å². The van der Waals surface area contributed by atoms with E-state index in [4.69, 9.17) is 5.11 Å². The van der Waals surface area contributed by atoms with Gasteiger partial charge in [0, 0.05) is 32.3 Å². The molecule has 108 valence electrons. The van der Waals surface area contributed by atoms with E-state index in [1.807, 2.05) is 0 Å². The minimum atomic E-state index is -1.35. The number of aromatic carboxylic acids is 1. The number of likely N-dealkylation sites (tertiary alicyclic amines) is 1. The third-order valence-corrected chi connectivity index (χ3v) is 3.21. The van der Waals surface area contributed by atoms with Crippen LogP contribution in [0, 0.1) is 5.82 Å². The topological polar surface area (TPSA) is 82.5 Å². The number of carboxylic acid groups (broad SMARTS) is 1. The van der Waals surface area contributed by atoms with Gasteiger partial charge in [0.05, 0.1) is 0 Å². The molecule has 1 fully saturated rings. The predicted molar refractivity (Wildman–Crippen MR) is 70.1 cm³/mol. The highest BCUT2D eigenvalue weighted by Gasteiger charge is 2.18. The van der Waals surface area contributed by atoms with E-state index in [1.165, 1.54) is 6.20 Å². The van der Waals surface area contributed by atoms with Crippen molar-refractivity contribution in [1.82, 2.24) is 9.88 Å². The first-order valence-corrected chi connectivity index (χ1v) is 6.49. The van der Waals surface area contributed by atoms with Crippen molar-refractivity contribution in [3.8, 4) is 0 Å². The maximum atomic E-state index is 13.7. The average Bonchev–Trinajstić information content (AvgIpc) is 2.94. The largest absolute Gasteiger partial charge is 0.478 e. The molecule has 20 heavy (non-hydrogen) atoms. The molecule has 0 aromatic carbocycles. The summed E-state index contributed by atoms with van der Waals surface area (Å²) >= 11 is 0. The number of carbonyl (C=O) groups excluding carboxylic acids is 1. The van der Waals surface area contributed by atoms with Gasteiger partial charge in [-0.1, -0.05) is 0 Å². The first kappa shape index (κ1) is 14.2. The molecule has 1 aliphatic rings. The van der Waals surface area contributed by atoms with Gasteiger partial charge >= 0.3 is 5.97 Å². The fourth-order valence-electron chi connectivity index (χ4n) is 2.14. The lowest BCUT2D eigenvalue weighted by molar-refractivity contribution is -0.129. The van der Waals surface area contributed by atoms with Crippen molar-refractivity contribution in [2.45, 2.75) is 19.3 Å². The van der Waals surface area contributed by atoms with Gasteiger partial charge in [-0.05, 0) is 18.9 Å². The molecule has 1 aromatic rings. The summed E-state index contributed by atoms with van der Waals surface area (Å²) in [6, 6.07) is 1.10. The van der Waals surface area contributed by atoms with E-state index in [-0.39, 0.29) is 24.7 Å². The number of carboxylic acids is 1. The summed E-state index contributed by atoms with van der Waals surface area (Å²) in [6.45, 7) is 1.78. The van der Waals surface area contributed by atoms with Crippen molar-refractivity contribution < 1.29 is 19.1 Å². The Bertz CT molecular complexity index is 516. The molecule has 0 saturated carbocycles. The van der Waals surface area contributed by atoms with Crippen LogP contribution in [0.25, 0.3) is 0 Å². The van der Waals surface area contributed by atoms with Crippen molar-refractivity contribution in [1.29, 1.82) is 0 Å². The van der Waals surface area contributed by atoms with Crippen LogP contribution in [-0.4, -0.2) is 46.5 Å². The quantitative estimate of drug-likeness (QED) is 0.851. The van der Waals surface area contributed by atoms with Crippen LogP contribution in [0.4, 0.5) is 10.2 Å². The number of anilines is 1. The maximum absolute atomic E-state index is 13.7. The van der Waals surface area contributed by atoms with Gasteiger partial charge in [-0.2, -0.15) is 0 Å². The first-order chi connectivity index (χ1) is 9.59. The number of hydrogen-bond donors (Lipinski definition) is 2. The summed E-state index contributed by atoms with van der Waals surface area (Å²) in [5, 5.41) is 11.5. The van der Waals surface area contributed by atoms with Gasteiger partial charge in [0.25, 0.3) is 0 Å². The number of halogens is 1. The van der Waals surface area contributed by atoms with Crippen LogP contribution < -0.4 is 5.32 Å². The molecule has 1 aromatic heterocycles. The van der Waals surface area contributed by atoms with E-state index >= 15 is 0 Å². The van der Waals surface area contributed by atoms with Crippen molar-refractivity contribution in [3.05, 3.63) is 23.6 Å².